The molecule has 0 bridgehead atoms. The van der Waals surface area contributed by atoms with Crippen LogP contribution in [0.5, 0.6) is 5.75 Å². The molecule has 1 aliphatic carbocycles. The maximum Gasteiger partial charge on any atom is 0.202 e. The Labute approximate surface area is 195 Å². The van der Waals surface area contributed by atoms with E-state index in [9.17, 15) is 0 Å². The number of methoxy groups -OCH3 is 1. The van der Waals surface area contributed by atoms with Crippen molar-refractivity contribution >= 4 is 28.6 Å². The van der Waals surface area contributed by atoms with E-state index in [0.717, 1.165) is 48.2 Å². The minimum absolute atomic E-state index is 0.177. The van der Waals surface area contributed by atoms with E-state index in [0.29, 0.717) is 40.3 Å². The van der Waals surface area contributed by atoms with Gasteiger partial charge in [0.15, 0.2) is 0 Å². The molecule has 33 heavy (non-hydrogen) atoms. The number of aromatic nitrogens is 5. The summed E-state index contributed by atoms with van der Waals surface area (Å²) in [5.74, 6) is 3.04. The van der Waals surface area contributed by atoms with Crippen LogP contribution in [-0.2, 0) is 5.41 Å². The van der Waals surface area contributed by atoms with Gasteiger partial charge in [-0.1, -0.05) is 23.7 Å². The lowest BCUT2D eigenvalue weighted by molar-refractivity contribution is 0.409. The average molecular weight is 466 g/mol. The normalized spacial score (nSPS) is 24.2. The van der Waals surface area contributed by atoms with Gasteiger partial charge in [-0.05, 0) is 31.2 Å². The van der Waals surface area contributed by atoms with Gasteiger partial charge in [0, 0.05) is 25.2 Å². The Morgan fingerprint density at radius 3 is 2.97 bits per heavy atom. The molecule has 1 aliphatic heterocycles. The van der Waals surface area contributed by atoms with E-state index in [1.807, 2.05) is 25.1 Å². The van der Waals surface area contributed by atoms with Crippen molar-refractivity contribution in [3.63, 3.8) is 0 Å². The van der Waals surface area contributed by atoms with Crippen LogP contribution < -0.4 is 15.4 Å². The number of nitrogens with two attached hydrogens (primary N) is 1. The third-order valence-electron chi connectivity index (χ3n) is 7.21. The first-order chi connectivity index (χ1) is 16.1. The van der Waals surface area contributed by atoms with Crippen molar-refractivity contribution in [2.45, 2.75) is 18.8 Å². The van der Waals surface area contributed by atoms with Gasteiger partial charge in [-0.25, -0.2) is 15.0 Å². The lowest BCUT2D eigenvalue weighted by Crippen LogP contribution is -2.32. The van der Waals surface area contributed by atoms with Crippen LogP contribution in [0.4, 0.5) is 5.82 Å². The monoisotopic (exact) mass is 465 g/mol. The highest BCUT2D eigenvalue weighted by Gasteiger charge is 2.68. The standard InChI is InChI=1S/C23H24ClN7O2/c1-12-10-33-22(27-12)23(11-25)14-6-7-31(9-15(14)23)17-8-26-20-19(29-30-21(20)28-17)13-4-3-5-16(32-2)18(13)24/h3-5,8,10,14-15H,6-7,9,11,25H2,1-2H3,(H,28,29,30). The number of H-pyrrole nitrogens is 1. The van der Waals surface area contributed by atoms with E-state index in [4.69, 9.17) is 36.5 Å². The summed E-state index contributed by atoms with van der Waals surface area (Å²) in [6, 6.07) is 5.60. The van der Waals surface area contributed by atoms with Crippen LogP contribution in [0.2, 0.25) is 5.02 Å². The zero-order valence-corrected chi connectivity index (χ0v) is 19.1. The van der Waals surface area contributed by atoms with Crippen LogP contribution in [0.25, 0.3) is 22.4 Å². The van der Waals surface area contributed by atoms with Crippen LogP contribution in [0, 0.1) is 18.8 Å². The second kappa shape index (κ2) is 7.43. The Kier molecular flexibility index (Phi) is 4.60. The van der Waals surface area contributed by atoms with E-state index in [1.54, 1.807) is 19.6 Å². The first kappa shape index (κ1) is 20.4. The number of nitrogens with zero attached hydrogens (tertiary/aromatic N) is 5. The number of rotatable bonds is 5. The number of benzene rings is 1. The molecular formula is C23H24ClN7O2. The van der Waals surface area contributed by atoms with Gasteiger partial charge in [0.05, 0.1) is 35.1 Å². The Morgan fingerprint density at radius 1 is 1.33 bits per heavy atom. The fourth-order valence-corrected chi connectivity index (χ4v) is 5.75. The molecule has 6 rings (SSSR count). The third kappa shape index (κ3) is 2.95. The molecule has 3 unspecified atom stereocenters. The summed E-state index contributed by atoms with van der Waals surface area (Å²) >= 11 is 6.51. The fraction of sp³-hybridized carbons (Fsp3) is 0.391. The second-order valence-corrected chi connectivity index (χ2v) is 9.19. The van der Waals surface area contributed by atoms with Gasteiger partial charge in [-0.2, -0.15) is 5.10 Å². The molecule has 0 radical (unpaired) electrons. The number of aromatic amines is 1. The molecule has 3 aromatic heterocycles. The van der Waals surface area contributed by atoms with Gasteiger partial charge >= 0.3 is 0 Å². The number of anilines is 1. The maximum atomic E-state index is 6.51. The average Bonchev–Trinajstić information content (AvgIpc) is 3.09. The summed E-state index contributed by atoms with van der Waals surface area (Å²) in [7, 11) is 1.59. The topological polar surface area (TPSA) is 119 Å². The molecule has 1 aromatic carbocycles. The lowest BCUT2D eigenvalue weighted by atomic mass is 10.0. The molecule has 2 fully saturated rings. The highest BCUT2D eigenvalue weighted by molar-refractivity contribution is 6.35. The minimum Gasteiger partial charge on any atom is -0.495 e. The van der Waals surface area contributed by atoms with Gasteiger partial charge in [0.2, 0.25) is 11.5 Å². The Bertz CT molecular complexity index is 1350. The fourth-order valence-electron chi connectivity index (χ4n) is 5.45. The number of nitrogens with one attached hydrogen (secondary N) is 1. The van der Waals surface area contributed by atoms with Crippen LogP contribution in [0.3, 0.4) is 0 Å². The van der Waals surface area contributed by atoms with Crippen molar-refractivity contribution < 1.29 is 9.15 Å². The summed E-state index contributed by atoms with van der Waals surface area (Å²) in [5.41, 5.74) is 9.66. The maximum absolute atomic E-state index is 6.51. The highest BCUT2D eigenvalue weighted by atomic mass is 35.5. The predicted molar refractivity (Wildman–Crippen MR) is 124 cm³/mol. The first-order valence-electron chi connectivity index (χ1n) is 11.0. The van der Waals surface area contributed by atoms with Crippen LogP contribution in [-0.4, -0.2) is 51.9 Å². The third-order valence-corrected chi connectivity index (χ3v) is 7.60. The number of hydrogen-bond acceptors (Lipinski definition) is 8. The van der Waals surface area contributed by atoms with E-state index in [1.165, 1.54) is 0 Å². The highest BCUT2D eigenvalue weighted by Crippen LogP contribution is 2.62. The van der Waals surface area contributed by atoms with Crippen molar-refractivity contribution in [1.82, 2.24) is 25.1 Å². The number of oxazole rings is 1. The number of aryl methyl sites for hydroxylation is 1. The number of halogens is 1. The minimum atomic E-state index is -0.177. The zero-order chi connectivity index (χ0) is 22.7. The van der Waals surface area contributed by atoms with Crippen molar-refractivity contribution in [3.8, 4) is 17.0 Å². The Hall–Kier alpha value is -3.17. The Balaban J connectivity index is 1.29. The largest absolute Gasteiger partial charge is 0.495 e. The number of fused-ring (bicyclic) bond motifs is 2. The molecule has 1 saturated heterocycles. The van der Waals surface area contributed by atoms with Crippen LogP contribution in [0.1, 0.15) is 18.0 Å². The first-order valence-corrected chi connectivity index (χ1v) is 11.4. The van der Waals surface area contributed by atoms with Gasteiger partial charge in [0.25, 0.3) is 0 Å². The summed E-state index contributed by atoms with van der Waals surface area (Å²) < 4.78 is 11.1. The quantitative estimate of drug-likeness (QED) is 0.460. The van der Waals surface area contributed by atoms with Gasteiger partial charge < -0.3 is 19.8 Å². The summed E-state index contributed by atoms with van der Waals surface area (Å²) in [6.45, 7) is 4.19. The summed E-state index contributed by atoms with van der Waals surface area (Å²) in [6.07, 6.45) is 4.52. The number of piperidine rings is 1. The smallest absolute Gasteiger partial charge is 0.202 e. The SMILES string of the molecule is COc1cccc(-c2[nH]nc3nc(N4CCC5C(C4)C5(CN)c4nc(C)co4)cnc23)c1Cl. The molecule has 9 nitrogen and oxygen atoms in total. The molecule has 2 aliphatic rings. The molecule has 170 valence electrons. The molecule has 0 amide bonds. The van der Waals surface area contributed by atoms with Gasteiger partial charge in [-0.3, -0.25) is 5.10 Å². The number of ether oxygens (including phenoxy) is 1. The van der Waals surface area contributed by atoms with Crippen molar-refractivity contribution in [2.24, 2.45) is 17.6 Å². The molecule has 1 saturated carbocycles. The van der Waals surface area contributed by atoms with E-state index in [2.05, 4.69) is 20.1 Å². The molecule has 4 aromatic rings. The van der Waals surface area contributed by atoms with E-state index >= 15 is 0 Å². The second-order valence-electron chi connectivity index (χ2n) is 8.81. The van der Waals surface area contributed by atoms with Crippen molar-refractivity contribution in [3.05, 3.63) is 47.3 Å². The molecule has 10 heteroatoms. The summed E-state index contributed by atoms with van der Waals surface area (Å²) in [4.78, 5) is 16.4. The van der Waals surface area contributed by atoms with Gasteiger partial charge in [0.1, 0.15) is 23.3 Å². The molecule has 0 spiro atoms. The zero-order valence-electron chi connectivity index (χ0n) is 18.4. The van der Waals surface area contributed by atoms with E-state index < -0.39 is 0 Å². The predicted octanol–water partition coefficient (Wildman–Crippen LogP) is 3.33. The summed E-state index contributed by atoms with van der Waals surface area (Å²) in [5, 5.41) is 7.95. The lowest BCUT2D eigenvalue weighted by Gasteiger charge is -2.26. The molecular weight excluding hydrogens is 442 g/mol. The van der Waals surface area contributed by atoms with Crippen molar-refractivity contribution in [1.29, 1.82) is 0 Å². The van der Waals surface area contributed by atoms with Crippen molar-refractivity contribution in [2.75, 3.05) is 31.6 Å². The number of hydrogen-bond donors (Lipinski definition) is 2. The molecule has 3 N–H and O–H groups in total. The van der Waals surface area contributed by atoms with Crippen LogP contribution in [0.15, 0.2) is 35.1 Å². The molecule has 4 heterocycles. The van der Waals surface area contributed by atoms with Crippen LogP contribution >= 0.6 is 11.6 Å². The van der Waals surface area contributed by atoms with Gasteiger partial charge in [-0.15, -0.1) is 0 Å². The Morgan fingerprint density at radius 2 is 2.21 bits per heavy atom. The molecule has 3 atom stereocenters. The van der Waals surface area contributed by atoms with E-state index in [-0.39, 0.29) is 5.41 Å².